The zero-order valence-electron chi connectivity index (χ0n) is 6.33. The van der Waals surface area contributed by atoms with E-state index in [9.17, 15) is 8.42 Å². The van der Waals surface area contributed by atoms with Gasteiger partial charge in [-0.3, -0.25) is 4.72 Å². The van der Waals surface area contributed by atoms with Crippen molar-refractivity contribution in [2.75, 3.05) is 11.0 Å². The topological polar surface area (TPSA) is 46.2 Å². The molecule has 12 heavy (non-hydrogen) atoms. The van der Waals surface area contributed by atoms with Crippen LogP contribution >= 0.6 is 11.6 Å². The van der Waals surface area contributed by atoms with E-state index in [0.717, 1.165) is 6.26 Å². The van der Waals surface area contributed by atoms with Crippen LogP contribution in [0.1, 0.15) is 0 Å². The maximum Gasteiger partial charge on any atom is 0.229 e. The molecule has 0 bridgehead atoms. The van der Waals surface area contributed by atoms with Crippen LogP contribution in [0.5, 0.6) is 0 Å². The second kappa shape index (κ2) is 3.33. The zero-order valence-corrected chi connectivity index (χ0v) is 7.91. The molecule has 1 aromatic carbocycles. The van der Waals surface area contributed by atoms with Gasteiger partial charge in [0.1, 0.15) is 0 Å². The Morgan fingerprint density at radius 3 is 2.58 bits per heavy atom. The second-order valence-electron chi connectivity index (χ2n) is 2.30. The van der Waals surface area contributed by atoms with Crippen molar-refractivity contribution in [1.29, 1.82) is 0 Å². The van der Waals surface area contributed by atoms with Crippen molar-refractivity contribution in [3.05, 3.63) is 29.3 Å². The predicted octanol–water partition coefficient (Wildman–Crippen LogP) is 1.51. The third-order valence-electron chi connectivity index (χ3n) is 1.08. The Labute approximate surface area is 76.4 Å². The third-order valence-corrected chi connectivity index (χ3v) is 1.92. The highest BCUT2D eigenvalue weighted by Crippen LogP contribution is 2.13. The Hall–Kier alpha value is -0.740. The molecule has 0 heterocycles. The molecule has 0 unspecified atom stereocenters. The van der Waals surface area contributed by atoms with Crippen molar-refractivity contribution in [1.82, 2.24) is 0 Å². The van der Waals surface area contributed by atoms with E-state index < -0.39 is 10.0 Å². The molecule has 0 atom stereocenters. The summed E-state index contributed by atoms with van der Waals surface area (Å²) in [6.45, 7) is 0. The van der Waals surface area contributed by atoms with Gasteiger partial charge >= 0.3 is 0 Å². The number of nitrogens with one attached hydrogen (secondary N) is 1. The van der Waals surface area contributed by atoms with Crippen LogP contribution in [0.25, 0.3) is 0 Å². The SMILES string of the molecule is CS(=O)(=O)Nc1c[c]c(Cl)cc1. The first-order valence-electron chi connectivity index (χ1n) is 3.12. The molecule has 0 aliphatic carbocycles. The van der Waals surface area contributed by atoms with Gasteiger partial charge in [0, 0.05) is 16.8 Å². The minimum Gasteiger partial charge on any atom is -0.284 e. The first kappa shape index (κ1) is 9.35. The molecular weight excluding hydrogens is 198 g/mol. The molecule has 5 heteroatoms. The quantitative estimate of drug-likeness (QED) is 0.794. The summed E-state index contributed by atoms with van der Waals surface area (Å²) in [4.78, 5) is 0. The van der Waals surface area contributed by atoms with Gasteiger partial charge in [-0.1, -0.05) is 11.6 Å². The van der Waals surface area contributed by atoms with E-state index in [1.54, 1.807) is 12.1 Å². The van der Waals surface area contributed by atoms with Crippen LogP contribution in [0.3, 0.4) is 0 Å². The van der Waals surface area contributed by atoms with Gasteiger partial charge in [-0.15, -0.1) is 0 Å². The Morgan fingerprint density at radius 2 is 2.17 bits per heavy atom. The number of hydrogen-bond acceptors (Lipinski definition) is 2. The molecule has 0 aliphatic rings. The summed E-state index contributed by atoms with van der Waals surface area (Å²) in [6, 6.07) is 7.27. The van der Waals surface area contributed by atoms with Crippen LogP contribution in [-0.4, -0.2) is 14.7 Å². The smallest absolute Gasteiger partial charge is 0.229 e. The number of rotatable bonds is 2. The fourth-order valence-electron chi connectivity index (χ4n) is 0.683. The summed E-state index contributed by atoms with van der Waals surface area (Å²) in [5.74, 6) is 0. The highest BCUT2D eigenvalue weighted by atomic mass is 35.5. The standard InChI is InChI=1S/C7H7ClNO2S/c1-12(10,11)9-7-4-2-6(8)3-5-7/h2,4-5,9H,1H3. The minimum absolute atomic E-state index is 0.453. The lowest BCUT2D eigenvalue weighted by Crippen LogP contribution is -2.09. The maximum absolute atomic E-state index is 10.7. The molecule has 0 aliphatic heterocycles. The molecule has 0 saturated heterocycles. The van der Waals surface area contributed by atoms with Gasteiger partial charge in [-0.05, 0) is 18.2 Å². The van der Waals surface area contributed by atoms with Crippen molar-refractivity contribution >= 4 is 27.3 Å². The summed E-state index contributed by atoms with van der Waals surface area (Å²) in [6.07, 6.45) is 1.08. The van der Waals surface area contributed by atoms with E-state index in [-0.39, 0.29) is 0 Å². The first-order chi connectivity index (χ1) is 5.47. The Balaban J connectivity index is 2.85. The molecule has 1 radical (unpaired) electrons. The number of benzene rings is 1. The Morgan fingerprint density at radius 1 is 1.50 bits per heavy atom. The molecule has 0 saturated carbocycles. The molecule has 1 rings (SSSR count). The van der Waals surface area contributed by atoms with Crippen LogP contribution in [0.4, 0.5) is 5.69 Å². The van der Waals surface area contributed by atoms with Crippen LogP contribution in [-0.2, 0) is 10.0 Å². The van der Waals surface area contributed by atoms with Crippen molar-refractivity contribution in [3.8, 4) is 0 Å². The third kappa shape index (κ3) is 3.11. The van der Waals surface area contributed by atoms with E-state index in [0.29, 0.717) is 10.7 Å². The summed E-state index contributed by atoms with van der Waals surface area (Å²) in [5.41, 5.74) is 0.460. The average molecular weight is 205 g/mol. The van der Waals surface area contributed by atoms with Crippen molar-refractivity contribution < 1.29 is 8.42 Å². The molecule has 1 aromatic rings. The van der Waals surface area contributed by atoms with Gasteiger partial charge in [0.25, 0.3) is 0 Å². The van der Waals surface area contributed by atoms with Crippen LogP contribution in [0.2, 0.25) is 5.02 Å². The van der Waals surface area contributed by atoms with Gasteiger partial charge < -0.3 is 0 Å². The van der Waals surface area contributed by atoms with Crippen molar-refractivity contribution in [3.63, 3.8) is 0 Å². The average Bonchev–Trinajstić information content (AvgIpc) is 1.91. The second-order valence-corrected chi connectivity index (χ2v) is 4.46. The molecule has 3 nitrogen and oxygen atoms in total. The van der Waals surface area contributed by atoms with Gasteiger partial charge in [0.15, 0.2) is 0 Å². The zero-order chi connectivity index (χ0) is 9.19. The van der Waals surface area contributed by atoms with Crippen molar-refractivity contribution in [2.24, 2.45) is 0 Å². The molecule has 0 fully saturated rings. The number of halogens is 1. The maximum atomic E-state index is 10.7. The van der Waals surface area contributed by atoms with Gasteiger partial charge in [0.2, 0.25) is 10.0 Å². The normalized spacial score (nSPS) is 11.2. The van der Waals surface area contributed by atoms with E-state index >= 15 is 0 Å². The van der Waals surface area contributed by atoms with E-state index in [1.165, 1.54) is 6.07 Å². The highest BCUT2D eigenvalue weighted by molar-refractivity contribution is 7.92. The van der Waals surface area contributed by atoms with E-state index in [1.807, 2.05) is 0 Å². The number of sulfonamides is 1. The van der Waals surface area contributed by atoms with E-state index in [4.69, 9.17) is 11.6 Å². The molecule has 0 amide bonds. The van der Waals surface area contributed by atoms with Gasteiger partial charge in [-0.2, -0.15) is 0 Å². The lowest BCUT2D eigenvalue weighted by Gasteiger charge is -2.01. The highest BCUT2D eigenvalue weighted by Gasteiger charge is 2.00. The number of anilines is 1. The monoisotopic (exact) mass is 204 g/mol. The summed E-state index contributed by atoms with van der Waals surface area (Å²) >= 11 is 5.55. The lowest BCUT2D eigenvalue weighted by molar-refractivity contribution is 0.607. The van der Waals surface area contributed by atoms with Crippen LogP contribution in [0, 0.1) is 6.07 Å². The Bertz CT molecular complexity index is 357. The molecule has 0 aromatic heterocycles. The predicted molar refractivity (Wildman–Crippen MR) is 48.8 cm³/mol. The summed E-state index contributed by atoms with van der Waals surface area (Å²) in [5, 5.41) is 0.453. The lowest BCUT2D eigenvalue weighted by atomic mass is 10.3. The van der Waals surface area contributed by atoms with Crippen LogP contribution in [0.15, 0.2) is 18.2 Å². The largest absolute Gasteiger partial charge is 0.284 e. The van der Waals surface area contributed by atoms with Crippen molar-refractivity contribution in [2.45, 2.75) is 0 Å². The van der Waals surface area contributed by atoms with Gasteiger partial charge in [-0.25, -0.2) is 8.42 Å². The molecule has 65 valence electrons. The van der Waals surface area contributed by atoms with Crippen LogP contribution < -0.4 is 4.72 Å². The van der Waals surface area contributed by atoms with Gasteiger partial charge in [0.05, 0.1) is 6.26 Å². The fraction of sp³-hybridized carbons (Fsp3) is 0.143. The minimum atomic E-state index is -3.20. The fourth-order valence-corrected chi connectivity index (χ4v) is 1.36. The van der Waals surface area contributed by atoms with E-state index in [2.05, 4.69) is 10.8 Å². The summed E-state index contributed by atoms with van der Waals surface area (Å²) in [7, 11) is -3.20. The molecule has 0 spiro atoms. The molecule has 1 N–H and O–H groups in total. The molecular formula is C7H7ClNO2S. The summed E-state index contributed by atoms with van der Waals surface area (Å²) < 4.78 is 23.7. The number of hydrogen-bond donors (Lipinski definition) is 1. The first-order valence-corrected chi connectivity index (χ1v) is 5.39. The Kier molecular flexibility index (Phi) is 2.59.